The van der Waals surface area contributed by atoms with Gasteiger partial charge in [-0.05, 0) is 25.1 Å². The summed E-state index contributed by atoms with van der Waals surface area (Å²) < 4.78 is 17.6. The third kappa shape index (κ3) is 3.92. The zero-order chi connectivity index (χ0) is 24.7. The number of aliphatic carboxylic acids is 1. The van der Waals surface area contributed by atoms with Gasteiger partial charge in [0.1, 0.15) is 11.9 Å². The predicted octanol–water partition coefficient (Wildman–Crippen LogP) is 1.32. The Balaban J connectivity index is 1.88. The van der Waals surface area contributed by atoms with Gasteiger partial charge in [0, 0.05) is 28.9 Å². The van der Waals surface area contributed by atoms with Crippen molar-refractivity contribution in [2.24, 2.45) is 0 Å². The second kappa shape index (κ2) is 9.14. The number of ether oxygens (including phenoxy) is 3. The maximum Gasteiger partial charge on any atom is 0.335 e. The van der Waals surface area contributed by atoms with Gasteiger partial charge in [-0.25, -0.2) is 4.79 Å². The van der Waals surface area contributed by atoms with Gasteiger partial charge >= 0.3 is 5.97 Å². The summed E-state index contributed by atoms with van der Waals surface area (Å²) in [5.41, 5.74) is 1.56. The Kier molecular flexibility index (Phi) is 6.56. The van der Waals surface area contributed by atoms with Crippen LogP contribution in [0.5, 0.6) is 5.75 Å². The Morgan fingerprint density at radius 3 is 2.56 bits per heavy atom. The van der Waals surface area contributed by atoms with E-state index in [4.69, 9.17) is 14.2 Å². The number of fused-ring (bicyclic) bond motifs is 3. The molecule has 3 aromatic rings. The normalized spacial score (nSPS) is 29.7. The highest BCUT2D eigenvalue weighted by molar-refractivity contribution is 6.10. The van der Waals surface area contributed by atoms with Crippen LogP contribution in [0.3, 0.4) is 0 Å². The fourth-order valence-electron chi connectivity index (χ4n) is 4.37. The van der Waals surface area contributed by atoms with Gasteiger partial charge in [-0.3, -0.25) is 0 Å². The van der Waals surface area contributed by atoms with E-state index in [0.29, 0.717) is 5.39 Å². The van der Waals surface area contributed by atoms with E-state index in [-0.39, 0.29) is 24.9 Å². The van der Waals surface area contributed by atoms with Crippen LogP contribution in [0, 0.1) is 0 Å². The Labute approximate surface area is 196 Å². The number of aromatic amines is 1. The molecule has 10 nitrogen and oxygen atoms in total. The molecule has 0 aliphatic carbocycles. The Morgan fingerprint density at radius 2 is 1.88 bits per heavy atom. The number of benzene rings is 2. The molecule has 1 fully saturated rings. The number of hydrogen-bond donors (Lipinski definition) is 6. The molecule has 10 heteroatoms. The Bertz CT molecular complexity index is 1180. The van der Waals surface area contributed by atoms with Crippen LogP contribution in [-0.2, 0) is 14.3 Å². The number of H-pyrrole nitrogens is 1. The largest absolute Gasteiger partial charge is 0.479 e. The smallest absolute Gasteiger partial charge is 0.335 e. The molecule has 1 aliphatic heterocycles. The first-order valence-corrected chi connectivity index (χ1v) is 11.2. The summed E-state index contributed by atoms with van der Waals surface area (Å²) in [5.74, 6) is -6.17. The topological polar surface area (TPSA) is 154 Å². The maximum absolute atomic E-state index is 11.9. The number of carboxylic acids is 1. The van der Waals surface area contributed by atoms with Gasteiger partial charge in [0.2, 0.25) is 0 Å². The number of aliphatic hydroxyl groups is 3. The van der Waals surface area contributed by atoms with Crippen LogP contribution in [0.4, 0.5) is 0 Å². The second-order valence-corrected chi connectivity index (χ2v) is 8.68. The van der Waals surface area contributed by atoms with E-state index < -0.39 is 35.9 Å². The van der Waals surface area contributed by atoms with Gasteiger partial charge in [-0.1, -0.05) is 38.1 Å². The summed E-state index contributed by atoms with van der Waals surface area (Å²) in [4.78, 5) is 15.1. The molecule has 0 radical (unpaired) electrons. The number of aromatic nitrogens is 1. The predicted molar refractivity (Wildman–Crippen MR) is 123 cm³/mol. The van der Waals surface area contributed by atoms with Crippen molar-refractivity contribution in [3.63, 3.8) is 0 Å². The van der Waals surface area contributed by atoms with Crippen molar-refractivity contribution in [2.45, 2.75) is 56.7 Å². The highest BCUT2D eigenvalue weighted by atomic mass is 16.8. The van der Waals surface area contributed by atoms with Crippen LogP contribution in [0.15, 0.2) is 42.5 Å². The Hall–Kier alpha value is -2.73. The zero-order valence-corrected chi connectivity index (χ0v) is 19.2. The maximum atomic E-state index is 11.9. The third-order valence-corrected chi connectivity index (χ3v) is 6.02. The van der Waals surface area contributed by atoms with E-state index in [0.717, 1.165) is 16.4 Å². The van der Waals surface area contributed by atoms with Crippen molar-refractivity contribution in [3.05, 3.63) is 42.5 Å². The molecule has 0 unspecified atom stereocenters. The quantitative estimate of drug-likeness (QED) is 0.265. The van der Waals surface area contributed by atoms with Crippen molar-refractivity contribution < 1.29 is 39.4 Å². The van der Waals surface area contributed by atoms with Crippen LogP contribution in [0.2, 0.25) is 0 Å². The van der Waals surface area contributed by atoms with E-state index in [1.54, 1.807) is 19.1 Å². The average Bonchev–Trinajstić information content (AvgIpc) is 3.18. The first kappa shape index (κ1) is 24.4. The van der Waals surface area contributed by atoms with Gasteiger partial charge in [0.15, 0.2) is 12.2 Å². The number of hydrogen-bond acceptors (Lipinski definition) is 8. The van der Waals surface area contributed by atoms with Crippen LogP contribution in [0.25, 0.3) is 21.8 Å². The van der Waals surface area contributed by atoms with E-state index >= 15 is 0 Å². The number of aliphatic hydroxyl groups excluding tert-OH is 2. The van der Waals surface area contributed by atoms with Gasteiger partial charge in [-0.2, -0.15) is 0 Å². The lowest BCUT2D eigenvalue weighted by atomic mass is 9.87. The van der Waals surface area contributed by atoms with E-state index in [2.05, 4.69) is 10.3 Å². The van der Waals surface area contributed by atoms with Crippen molar-refractivity contribution in [1.29, 1.82) is 0 Å². The van der Waals surface area contributed by atoms with E-state index in [1.807, 2.05) is 44.2 Å². The summed E-state index contributed by atoms with van der Waals surface area (Å²) in [6.45, 7) is 5.09. The molecule has 34 heavy (non-hydrogen) atoms. The summed E-state index contributed by atoms with van der Waals surface area (Å²) >= 11 is 0. The third-order valence-electron chi connectivity index (χ3n) is 6.02. The zero-order valence-electron chi connectivity index (χ0n) is 19.2. The highest BCUT2D eigenvalue weighted by Gasteiger charge is 2.68. The summed E-state index contributed by atoms with van der Waals surface area (Å²) in [6, 6.07) is 12.6. The lowest BCUT2D eigenvalue weighted by Crippen LogP contribution is -2.79. The first-order chi connectivity index (χ1) is 16.1. The number of carboxylic acid groups (broad SMARTS) is 1. The number of rotatable bonds is 8. The SMILES string of the molecule is CCO[C@]1(CNC(C)C)O[C@H](C(=O)O)[C@@H](O)[C@H](O)[C@]1(O)Oc1cccc2[nH]c3ccccc3c12. The molecule has 0 amide bonds. The fourth-order valence-corrected chi connectivity index (χ4v) is 4.37. The number of nitrogens with one attached hydrogen (secondary N) is 2. The highest BCUT2D eigenvalue weighted by Crippen LogP contribution is 2.43. The molecule has 184 valence electrons. The lowest BCUT2D eigenvalue weighted by Gasteiger charge is -2.53. The molecule has 5 atom stereocenters. The van der Waals surface area contributed by atoms with Crippen molar-refractivity contribution in [3.8, 4) is 5.75 Å². The Morgan fingerprint density at radius 1 is 1.18 bits per heavy atom. The van der Waals surface area contributed by atoms with Gasteiger partial charge in [0.25, 0.3) is 11.6 Å². The molecule has 2 aromatic carbocycles. The van der Waals surface area contributed by atoms with E-state index in [9.17, 15) is 25.2 Å². The summed E-state index contributed by atoms with van der Waals surface area (Å²) in [5, 5.41) is 47.6. The van der Waals surface area contributed by atoms with Crippen LogP contribution < -0.4 is 10.1 Å². The van der Waals surface area contributed by atoms with Gasteiger partial charge < -0.3 is 44.9 Å². The van der Waals surface area contributed by atoms with Crippen LogP contribution >= 0.6 is 0 Å². The molecule has 1 aliphatic rings. The van der Waals surface area contributed by atoms with Gasteiger partial charge in [0.05, 0.1) is 12.1 Å². The average molecular weight is 475 g/mol. The summed E-state index contributed by atoms with van der Waals surface area (Å²) in [6.07, 6.45) is -5.93. The van der Waals surface area contributed by atoms with Crippen molar-refractivity contribution in [2.75, 3.05) is 13.2 Å². The van der Waals surface area contributed by atoms with Crippen molar-refractivity contribution in [1.82, 2.24) is 10.3 Å². The monoisotopic (exact) mass is 474 g/mol. The number of para-hydroxylation sites is 1. The van der Waals surface area contributed by atoms with Crippen LogP contribution in [0.1, 0.15) is 20.8 Å². The number of carbonyl (C=O) groups is 1. The molecule has 4 rings (SSSR count). The molecule has 0 saturated carbocycles. The molecule has 0 spiro atoms. The van der Waals surface area contributed by atoms with Gasteiger partial charge in [-0.15, -0.1) is 0 Å². The summed E-state index contributed by atoms with van der Waals surface area (Å²) in [7, 11) is 0. The minimum Gasteiger partial charge on any atom is -0.479 e. The standard InChI is InChI=1S/C24H30N2O8/c1-4-32-23(12-25-13(2)3)24(31,21(28)19(27)20(34-23)22(29)30)33-17-11-7-10-16-18(17)14-8-5-6-9-15(14)26-16/h5-11,13,19-21,25-28,31H,4,12H2,1-3H3,(H,29,30)/t19-,20+,21+,23-,24+/m1/s1. The van der Waals surface area contributed by atoms with Crippen molar-refractivity contribution >= 4 is 27.8 Å². The molecule has 1 aromatic heterocycles. The van der Waals surface area contributed by atoms with Crippen LogP contribution in [-0.4, -0.2) is 80.5 Å². The molecule has 6 N–H and O–H groups in total. The minimum atomic E-state index is -2.68. The molecule has 2 heterocycles. The first-order valence-electron chi connectivity index (χ1n) is 11.2. The molecular formula is C24H30N2O8. The van der Waals surface area contributed by atoms with E-state index in [1.165, 1.54) is 0 Å². The second-order valence-electron chi connectivity index (χ2n) is 8.68. The lowest BCUT2D eigenvalue weighted by molar-refractivity contribution is -0.439. The molecule has 1 saturated heterocycles. The minimum absolute atomic E-state index is 0.00210. The fraction of sp³-hybridized carbons (Fsp3) is 0.458. The molecular weight excluding hydrogens is 444 g/mol. The molecule has 0 bridgehead atoms.